The summed E-state index contributed by atoms with van der Waals surface area (Å²) >= 11 is 6.38. The Morgan fingerprint density at radius 3 is 2.43 bits per heavy atom. The Hall–Kier alpha value is -0.430. The molecule has 0 aliphatic rings. The van der Waals surface area contributed by atoms with Crippen LogP contribution in [-0.4, -0.2) is 17.2 Å². The van der Waals surface area contributed by atoms with Crippen molar-refractivity contribution >= 4 is 79.9 Å². The molecule has 4 nitrogen and oxygen atoms in total. The minimum absolute atomic E-state index is 0.156. The lowest BCUT2D eigenvalue weighted by atomic mass is 10.2. The summed E-state index contributed by atoms with van der Waals surface area (Å²) in [5.41, 5.74) is 3.55. The molecule has 0 aromatic heterocycles. The summed E-state index contributed by atoms with van der Waals surface area (Å²) in [6.07, 6.45) is 1.43. The molecule has 0 aliphatic heterocycles. The van der Waals surface area contributed by atoms with E-state index >= 15 is 0 Å². The molecular formula is C14H9I3N2O2. The zero-order chi connectivity index (χ0) is 15.4. The number of halogens is 3. The van der Waals surface area contributed by atoms with Gasteiger partial charge < -0.3 is 5.11 Å². The van der Waals surface area contributed by atoms with E-state index in [0.717, 1.165) is 10.7 Å². The normalized spacial score (nSPS) is 10.8. The van der Waals surface area contributed by atoms with E-state index in [2.05, 4.69) is 55.7 Å². The number of phenolic OH excluding ortho intramolecular Hbond substituents is 1. The molecule has 0 atom stereocenters. The fraction of sp³-hybridized carbons (Fsp3) is 0. The second kappa shape index (κ2) is 7.72. The third-order valence-corrected chi connectivity index (χ3v) is 4.70. The van der Waals surface area contributed by atoms with Gasteiger partial charge in [0, 0.05) is 18.3 Å². The Balaban J connectivity index is 2.09. The number of hydrogen-bond donors (Lipinski definition) is 2. The molecule has 0 bridgehead atoms. The monoisotopic (exact) mass is 618 g/mol. The van der Waals surface area contributed by atoms with E-state index in [1.807, 2.05) is 40.8 Å². The summed E-state index contributed by atoms with van der Waals surface area (Å²) in [6, 6.07) is 10.8. The van der Waals surface area contributed by atoms with Crippen molar-refractivity contribution in [2.45, 2.75) is 0 Å². The van der Waals surface area contributed by atoms with Crippen molar-refractivity contribution in [2.24, 2.45) is 5.10 Å². The molecule has 2 N–H and O–H groups in total. The number of hydrazone groups is 1. The molecule has 0 unspecified atom stereocenters. The third kappa shape index (κ3) is 4.77. The van der Waals surface area contributed by atoms with E-state index in [1.54, 1.807) is 18.2 Å². The van der Waals surface area contributed by atoms with Gasteiger partial charge in [-0.25, -0.2) is 5.43 Å². The lowest BCUT2D eigenvalue weighted by Crippen LogP contribution is -2.17. The van der Waals surface area contributed by atoms with Crippen LogP contribution in [0.15, 0.2) is 41.5 Å². The highest BCUT2D eigenvalue weighted by Crippen LogP contribution is 2.25. The van der Waals surface area contributed by atoms with Gasteiger partial charge in [-0.3, -0.25) is 4.79 Å². The van der Waals surface area contributed by atoms with Crippen molar-refractivity contribution in [2.75, 3.05) is 0 Å². The molecule has 7 heteroatoms. The van der Waals surface area contributed by atoms with Gasteiger partial charge in [-0.15, -0.1) is 0 Å². The van der Waals surface area contributed by atoms with Crippen molar-refractivity contribution in [1.29, 1.82) is 0 Å². The zero-order valence-electron chi connectivity index (χ0n) is 10.5. The second-order valence-electron chi connectivity index (χ2n) is 4.03. The summed E-state index contributed by atoms with van der Waals surface area (Å²) in [5.74, 6) is -0.134. The molecule has 0 heterocycles. The van der Waals surface area contributed by atoms with E-state index in [4.69, 9.17) is 0 Å². The van der Waals surface area contributed by atoms with Gasteiger partial charge in [0.25, 0.3) is 5.91 Å². The SMILES string of the molecule is O=C(N/N=C/c1cc(I)cc(I)c1O)c1ccc(I)cc1. The number of carbonyl (C=O) groups excluding carboxylic acids is 1. The molecule has 0 saturated heterocycles. The average molecular weight is 618 g/mol. The van der Waals surface area contributed by atoms with Crippen LogP contribution in [0.2, 0.25) is 0 Å². The molecule has 0 fully saturated rings. The molecule has 0 aliphatic carbocycles. The number of hydrogen-bond acceptors (Lipinski definition) is 3. The van der Waals surface area contributed by atoms with Crippen molar-refractivity contribution < 1.29 is 9.90 Å². The molecule has 108 valence electrons. The fourth-order valence-electron chi connectivity index (χ4n) is 1.51. The molecule has 2 rings (SSSR count). The first-order chi connectivity index (χ1) is 9.97. The Bertz CT molecular complexity index is 700. The predicted molar refractivity (Wildman–Crippen MR) is 108 cm³/mol. The number of carbonyl (C=O) groups is 1. The van der Waals surface area contributed by atoms with Gasteiger partial charge in [0.1, 0.15) is 5.75 Å². The van der Waals surface area contributed by atoms with E-state index in [-0.39, 0.29) is 11.7 Å². The number of aromatic hydroxyl groups is 1. The summed E-state index contributed by atoms with van der Waals surface area (Å²) in [6.45, 7) is 0. The van der Waals surface area contributed by atoms with Crippen LogP contribution in [0, 0.1) is 10.7 Å². The zero-order valence-corrected chi connectivity index (χ0v) is 17.0. The van der Waals surface area contributed by atoms with Crippen molar-refractivity contribution in [1.82, 2.24) is 5.43 Å². The molecule has 2 aromatic carbocycles. The first-order valence-electron chi connectivity index (χ1n) is 5.74. The highest BCUT2D eigenvalue weighted by molar-refractivity contribution is 14.1. The molecule has 2 aromatic rings. The lowest BCUT2D eigenvalue weighted by molar-refractivity contribution is 0.0955. The van der Waals surface area contributed by atoms with Gasteiger partial charge in [0.2, 0.25) is 0 Å². The highest BCUT2D eigenvalue weighted by atomic mass is 127. The summed E-state index contributed by atoms with van der Waals surface area (Å²) in [7, 11) is 0. The van der Waals surface area contributed by atoms with Crippen LogP contribution < -0.4 is 5.43 Å². The Morgan fingerprint density at radius 1 is 1.10 bits per heavy atom. The fourth-order valence-corrected chi connectivity index (χ4v) is 3.76. The van der Waals surface area contributed by atoms with Crippen molar-refractivity contribution in [3.05, 3.63) is 58.2 Å². The average Bonchev–Trinajstić information content (AvgIpc) is 2.44. The predicted octanol–water partition coefficient (Wildman–Crippen LogP) is 3.97. The maximum atomic E-state index is 11.9. The second-order valence-corrected chi connectivity index (χ2v) is 7.68. The number of phenols is 1. The smallest absolute Gasteiger partial charge is 0.271 e. The lowest BCUT2D eigenvalue weighted by Gasteiger charge is -2.03. The summed E-state index contributed by atoms with van der Waals surface area (Å²) in [4.78, 5) is 11.9. The summed E-state index contributed by atoms with van der Waals surface area (Å²) < 4.78 is 2.79. The minimum atomic E-state index is -0.289. The van der Waals surface area contributed by atoms with E-state index in [1.165, 1.54) is 6.21 Å². The quantitative estimate of drug-likeness (QED) is 0.311. The van der Waals surface area contributed by atoms with Gasteiger partial charge in [0.05, 0.1) is 9.78 Å². The molecule has 0 radical (unpaired) electrons. The van der Waals surface area contributed by atoms with Crippen molar-refractivity contribution in [3.63, 3.8) is 0 Å². The number of rotatable bonds is 3. The van der Waals surface area contributed by atoms with Gasteiger partial charge in [-0.1, -0.05) is 0 Å². The van der Waals surface area contributed by atoms with E-state index in [0.29, 0.717) is 11.1 Å². The maximum absolute atomic E-state index is 11.9. The Labute approximate surface area is 162 Å². The number of nitrogens with zero attached hydrogens (tertiary/aromatic N) is 1. The van der Waals surface area contributed by atoms with Crippen LogP contribution in [0.1, 0.15) is 15.9 Å². The van der Waals surface area contributed by atoms with Gasteiger partial charge in [-0.2, -0.15) is 5.10 Å². The van der Waals surface area contributed by atoms with Crippen LogP contribution in [0.3, 0.4) is 0 Å². The Kier molecular flexibility index (Phi) is 6.22. The van der Waals surface area contributed by atoms with E-state index < -0.39 is 0 Å². The maximum Gasteiger partial charge on any atom is 0.271 e. The molecular weight excluding hydrogens is 609 g/mol. The minimum Gasteiger partial charge on any atom is -0.506 e. The van der Waals surface area contributed by atoms with Gasteiger partial charge >= 0.3 is 0 Å². The first kappa shape index (κ1) is 16.9. The molecule has 0 saturated carbocycles. The van der Waals surface area contributed by atoms with Crippen LogP contribution in [-0.2, 0) is 0 Å². The van der Waals surface area contributed by atoms with Gasteiger partial charge in [0.15, 0.2) is 0 Å². The third-order valence-electron chi connectivity index (χ3n) is 2.53. The van der Waals surface area contributed by atoms with E-state index in [9.17, 15) is 9.90 Å². The van der Waals surface area contributed by atoms with Crippen LogP contribution in [0.25, 0.3) is 0 Å². The van der Waals surface area contributed by atoms with Gasteiger partial charge in [-0.05, 0) is 104 Å². The molecule has 21 heavy (non-hydrogen) atoms. The molecule has 1 amide bonds. The Morgan fingerprint density at radius 2 is 1.76 bits per heavy atom. The first-order valence-corrected chi connectivity index (χ1v) is 8.98. The number of benzene rings is 2. The number of nitrogens with one attached hydrogen (secondary N) is 1. The van der Waals surface area contributed by atoms with Crippen LogP contribution in [0.4, 0.5) is 0 Å². The summed E-state index contributed by atoms with van der Waals surface area (Å²) in [5, 5.41) is 13.8. The topological polar surface area (TPSA) is 61.7 Å². The number of amides is 1. The largest absolute Gasteiger partial charge is 0.506 e. The molecule has 0 spiro atoms. The van der Waals surface area contributed by atoms with Crippen molar-refractivity contribution in [3.8, 4) is 5.75 Å². The standard InChI is InChI=1S/C14H9I3N2O2/c15-10-3-1-8(2-4-10)14(21)19-18-7-9-5-11(16)6-12(17)13(9)20/h1-7,20H,(H,19,21)/b18-7+. The highest BCUT2D eigenvalue weighted by Gasteiger charge is 2.06. The van der Waals surface area contributed by atoms with Crippen LogP contribution >= 0.6 is 67.8 Å². The van der Waals surface area contributed by atoms with Crippen LogP contribution in [0.5, 0.6) is 5.75 Å².